The molecule has 150 valence electrons. The molecule has 0 aliphatic heterocycles. The highest BCUT2D eigenvalue weighted by atomic mass is 32.2. The van der Waals surface area contributed by atoms with Gasteiger partial charge < -0.3 is 14.6 Å². The molecular weight excluding hydrogens is 394 g/mol. The molecule has 0 saturated carbocycles. The molecule has 0 amide bonds. The number of rotatable bonds is 6. The number of benzene rings is 1. The number of fused-ring (bicyclic) bond motifs is 1. The highest BCUT2D eigenvalue weighted by Gasteiger charge is 2.19. The molecule has 0 aliphatic rings. The second-order valence-corrected chi connectivity index (χ2v) is 8.32. The van der Waals surface area contributed by atoms with Crippen LogP contribution in [0.4, 0.5) is 17.2 Å². The normalized spacial score (nSPS) is 11.7. The maximum atomic E-state index is 12.3. The van der Waals surface area contributed by atoms with Crippen molar-refractivity contribution < 1.29 is 12.8 Å². The molecule has 3 N–H and O–H groups in total. The second kappa shape index (κ2) is 7.18. The molecule has 0 bridgehead atoms. The van der Waals surface area contributed by atoms with Crippen LogP contribution in [0, 0.1) is 0 Å². The van der Waals surface area contributed by atoms with E-state index >= 15 is 0 Å². The van der Waals surface area contributed by atoms with Crippen LogP contribution in [0.25, 0.3) is 22.3 Å². The number of anilines is 3. The summed E-state index contributed by atoms with van der Waals surface area (Å²) in [6, 6.07) is 6.65. The van der Waals surface area contributed by atoms with E-state index in [-0.39, 0.29) is 4.90 Å². The lowest BCUT2D eigenvalue weighted by atomic mass is 10.1. The SMILES string of the molecule is CNS(=O)(=O)c1ccc(N(C)C)c(Nc2ncnc3n[nH]c(-c4ccoc4)c23)c1. The number of H-pyrrole nitrogens is 1. The van der Waals surface area contributed by atoms with Crippen molar-refractivity contribution in [2.45, 2.75) is 4.90 Å². The molecule has 10 nitrogen and oxygen atoms in total. The number of sulfonamides is 1. The summed E-state index contributed by atoms with van der Waals surface area (Å²) in [6.07, 6.45) is 4.55. The molecule has 1 aromatic carbocycles. The van der Waals surface area contributed by atoms with E-state index in [1.54, 1.807) is 36.8 Å². The first-order valence-corrected chi connectivity index (χ1v) is 10.1. The molecule has 4 rings (SSSR count). The smallest absolute Gasteiger partial charge is 0.240 e. The lowest BCUT2D eigenvalue weighted by Crippen LogP contribution is -2.19. The van der Waals surface area contributed by atoms with E-state index < -0.39 is 10.0 Å². The Morgan fingerprint density at radius 2 is 2.00 bits per heavy atom. The summed E-state index contributed by atoms with van der Waals surface area (Å²) in [7, 11) is 1.52. The number of nitrogens with one attached hydrogen (secondary N) is 3. The first kappa shape index (κ1) is 18.9. The van der Waals surface area contributed by atoms with Crippen molar-refractivity contribution in [3.8, 4) is 11.3 Å². The maximum Gasteiger partial charge on any atom is 0.240 e. The molecule has 0 radical (unpaired) electrons. The molecule has 0 spiro atoms. The number of aromatic amines is 1. The van der Waals surface area contributed by atoms with E-state index in [0.29, 0.717) is 28.2 Å². The van der Waals surface area contributed by atoms with E-state index in [2.05, 4.69) is 30.2 Å². The Morgan fingerprint density at radius 1 is 1.17 bits per heavy atom. The average molecular weight is 413 g/mol. The number of furan rings is 1. The summed E-state index contributed by atoms with van der Waals surface area (Å²) in [5.41, 5.74) is 3.34. The fourth-order valence-corrected chi connectivity index (χ4v) is 3.74. The molecular formula is C18H19N7O3S. The zero-order valence-electron chi connectivity index (χ0n) is 16.0. The molecule has 4 aromatic rings. The van der Waals surface area contributed by atoms with E-state index in [0.717, 1.165) is 11.3 Å². The van der Waals surface area contributed by atoms with Gasteiger partial charge in [-0.2, -0.15) is 5.10 Å². The van der Waals surface area contributed by atoms with Crippen LogP contribution in [-0.2, 0) is 10.0 Å². The van der Waals surface area contributed by atoms with Crippen molar-refractivity contribution in [3.63, 3.8) is 0 Å². The predicted octanol–water partition coefficient (Wildman–Crippen LogP) is 2.33. The van der Waals surface area contributed by atoms with Crippen molar-refractivity contribution in [3.05, 3.63) is 43.1 Å². The van der Waals surface area contributed by atoms with Gasteiger partial charge in [0.05, 0.1) is 39.9 Å². The first-order chi connectivity index (χ1) is 13.9. The fourth-order valence-electron chi connectivity index (χ4n) is 2.98. The van der Waals surface area contributed by atoms with Crippen molar-refractivity contribution >= 4 is 38.2 Å². The molecule has 11 heteroatoms. The molecule has 3 heterocycles. The summed E-state index contributed by atoms with van der Waals surface area (Å²) in [5.74, 6) is 0.488. The van der Waals surface area contributed by atoms with Gasteiger partial charge in [-0.15, -0.1) is 0 Å². The Hall–Kier alpha value is -3.44. The van der Waals surface area contributed by atoms with Gasteiger partial charge >= 0.3 is 0 Å². The van der Waals surface area contributed by atoms with Crippen LogP contribution in [0.3, 0.4) is 0 Å². The molecule has 0 aliphatic carbocycles. The van der Waals surface area contributed by atoms with Crippen molar-refractivity contribution in [1.29, 1.82) is 0 Å². The van der Waals surface area contributed by atoms with Crippen LogP contribution >= 0.6 is 0 Å². The van der Waals surface area contributed by atoms with Crippen molar-refractivity contribution in [1.82, 2.24) is 24.9 Å². The highest BCUT2D eigenvalue weighted by Crippen LogP contribution is 2.35. The molecule has 0 unspecified atom stereocenters. The summed E-state index contributed by atoms with van der Waals surface area (Å²) >= 11 is 0. The Kier molecular flexibility index (Phi) is 4.68. The minimum atomic E-state index is -3.60. The first-order valence-electron chi connectivity index (χ1n) is 8.64. The zero-order chi connectivity index (χ0) is 20.6. The van der Waals surface area contributed by atoms with Crippen molar-refractivity contribution in [2.24, 2.45) is 0 Å². The number of hydrogen-bond donors (Lipinski definition) is 3. The highest BCUT2D eigenvalue weighted by molar-refractivity contribution is 7.89. The van der Waals surface area contributed by atoms with Gasteiger partial charge in [-0.3, -0.25) is 5.10 Å². The minimum Gasteiger partial charge on any atom is -0.472 e. The van der Waals surface area contributed by atoms with Crippen LogP contribution < -0.4 is 14.9 Å². The van der Waals surface area contributed by atoms with Gasteiger partial charge in [0.1, 0.15) is 12.1 Å². The van der Waals surface area contributed by atoms with Crippen LogP contribution in [0.5, 0.6) is 0 Å². The average Bonchev–Trinajstić information content (AvgIpc) is 3.37. The third-order valence-corrected chi connectivity index (χ3v) is 5.85. The number of hydrogen-bond acceptors (Lipinski definition) is 8. The quantitative estimate of drug-likeness (QED) is 0.439. The summed E-state index contributed by atoms with van der Waals surface area (Å²) < 4.78 is 32.0. The number of aromatic nitrogens is 4. The van der Waals surface area contributed by atoms with E-state index in [1.807, 2.05) is 19.0 Å². The lowest BCUT2D eigenvalue weighted by molar-refractivity contribution is 0.568. The molecule has 0 saturated heterocycles. The van der Waals surface area contributed by atoms with E-state index in [4.69, 9.17) is 4.42 Å². The van der Waals surface area contributed by atoms with E-state index in [9.17, 15) is 8.42 Å². The Bertz CT molecular complexity index is 1260. The van der Waals surface area contributed by atoms with Crippen LogP contribution in [0.15, 0.2) is 52.4 Å². The van der Waals surface area contributed by atoms with Gasteiger partial charge in [-0.1, -0.05) is 0 Å². The van der Waals surface area contributed by atoms with Gasteiger partial charge in [0.15, 0.2) is 5.65 Å². The Morgan fingerprint density at radius 3 is 2.69 bits per heavy atom. The van der Waals surface area contributed by atoms with Gasteiger partial charge in [-0.25, -0.2) is 23.1 Å². The third kappa shape index (κ3) is 3.41. The van der Waals surface area contributed by atoms with Crippen molar-refractivity contribution in [2.75, 3.05) is 31.4 Å². The largest absolute Gasteiger partial charge is 0.472 e. The van der Waals surface area contributed by atoms with Crippen LogP contribution in [-0.4, -0.2) is 49.7 Å². The van der Waals surface area contributed by atoms with Gasteiger partial charge in [0.25, 0.3) is 0 Å². The molecule has 0 fully saturated rings. The monoisotopic (exact) mass is 413 g/mol. The zero-order valence-corrected chi connectivity index (χ0v) is 16.8. The predicted molar refractivity (Wildman–Crippen MR) is 110 cm³/mol. The van der Waals surface area contributed by atoms with Crippen LogP contribution in [0.2, 0.25) is 0 Å². The second-order valence-electron chi connectivity index (χ2n) is 6.44. The Labute approximate surface area is 167 Å². The van der Waals surface area contributed by atoms with Crippen LogP contribution in [0.1, 0.15) is 0 Å². The van der Waals surface area contributed by atoms with E-state index in [1.165, 1.54) is 13.4 Å². The summed E-state index contributed by atoms with van der Waals surface area (Å²) in [4.78, 5) is 10.6. The lowest BCUT2D eigenvalue weighted by Gasteiger charge is -2.19. The molecule has 3 aromatic heterocycles. The third-order valence-electron chi connectivity index (χ3n) is 4.44. The fraction of sp³-hybridized carbons (Fsp3) is 0.167. The molecule has 29 heavy (non-hydrogen) atoms. The topological polar surface area (TPSA) is 129 Å². The minimum absolute atomic E-state index is 0.139. The standard InChI is InChI=1S/C18H19N7O3S/c1-19-29(26,27)12-4-5-14(25(2)3)13(8-12)22-17-15-16(11-6-7-28-9-11)23-24-18(15)21-10-20-17/h4-10,19H,1-3H3,(H2,20,21,22,23,24). The van der Waals surface area contributed by atoms with Gasteiger partial charge in [0.2, 0.25) is 10.0 Å². The number of nitrogens with zero attached hydrogens (tertiary/aromatic N) is 4. The maximum absolute atomic E-state index is 12.3. The summed E-state index contributed by atoms with van der Waals surface area (Å²) in [5, 5.41) is 11.1. The summed E-state index contributed by atoms with van der Waals surface area (Å²) in [6.45, 7) is 0. The molecule has 0 atom stereocenters. The van der Waals surface area contributed by atoms with Gasteiger partial charge in [-0.05, 0) is 31.3 Å². The Balaban J connectivity index is 1.87. The van der Waals surface area contributed by atoms with Gasteiger partial charge in [0, 0.05) is 19.7 Å².